The molecule has 0 aliphatic heterocycles. The molecule has 0 aliphatic rings. The summed E-state index contributed by atoms with van der Waals surface area (Å²) >= 11 is 5.91. The average Bonchev–Trinajstić information content (AvgIpc) is 2.37. The van der Waals surface area contributed by atoms with Crippen molar-refractivity contribution in [2.24, 2.45) is 0 Å². The number of nitriles is 1. The zero-order chi connectivity index (χ0) is 12.1. The summed E-state index contributed by atoms with van der Waals surface area (Å²) in [4.78, 5) is 0. The van der Waals surface area contributed by atoms with Gasteiger partial charge in [0.05, 0.1) is 11.6 Å². The van der Waals surface area contributed by atoms with E-state index in [1.165, 1.54) is 0 Å². The van der Waals surface area contributed by atoms with Crippen molar-refractivity contribution < 1.29 is 0 Å². The standard InChI is InChI=1S/C15H10ClN/c16-15-8-4-5-12(10-15)9-14(11-17)13-6-2-1-3-7-13/h1-10H/b14-9+. The van der Waals surface area contributed by atoms with Crippen molar-refractivity contribution in [1.82, 2.24) is 0 Å². The minimum Gasteiger partial charge on any atom is -0.192 e. The van der Waals surface area contributed by atoms with E-state index >= 15 is 0 Å². The number of rotatable bonds is 2. The van der Waals surface area contributed by atoms with Crippen molar-refractivity contribution in [1.29, 1.82) is 5.26 Å². The fraction of sp³-hybridized carbons (Fsp3) is 0. The Morgan fingerprint density at radius 1 is 1.06 bits per heavy atom. The maximum absolute atomic E-state index is 9.16. The molecule has 0 unspecified atom stereocenters. The highest BCUT2D eigenvalue weighted by Crippen LogP contribution is 2.19. The second-order valence-corrected chi connectivity index (χ2v) is 4.03. The summed E-state index contributed by atoms with van der Waals surface area (Å²) in [5, 5.41) is 9.83. The van der Waals surface area contributed by atoms with Crippen LogP contribution in [0.3, 0.4) is 0 Å². The molecule has 0 radical (unpaired) electrons. The van der Waals surface area contributed by atoms with E-state index in [9.17, 15) is 0 Å². The summed E-state index contributed by atoms with van der Waals surface area (Å²) in [6, 6.07) is 19.2. The topological polar surface area (TPSA) is 23.8 Å². The first-order valence-corrected chi connectivity index (χ1v) is 5.60. The molecule has 0 amide bonds. The average molecular weight is 240 g/mol. The van der Waals surface area contributed by atoms with Crippen LogP contribution in [-0.2, 0) is 0 Å². The highest BCUT2D eigenvalue weighted by Gasteiger charge is 1.99. The third kappa shape index (κ3) is 2.96. The highest BCUT2D eigenvalue weighted by molar-refractivity contribution is 6.30. The quantitative estimate of drug-likeness (QED) is 0.563. The number of nitrogens with zero attached hydrogens (tertiary/aromatic N) is 1. The van der Waals surface area contributed by atoms with Crippen LogP contribution in [0, 0.1) is 11.3 Å². The molecule has 2 aromatic rings. The second-order valence-electron chi connectivity index (χ2n) is 3.59. The van der Waals surface area contributed by atoms with Crippen LogP contribution in [0.15, 0.2) is 54.6 Å². The summed E-state index contributed by atoms with van der Waals surface area (Å²) in [5.74, 6) is 0. The van der Waals surface area contributed by atoms with Gasteiger partial charge in [0.2, 0.25) is 0 Å². The number of benzene rings is 2. The SMILES string of the molecule is N#C/C(=C\c1cccc(Cl)c1)c1ccccc1. The van der Waals surface area contributed by atoms with Gasteiger partial charge in [0, 0.05) is 5.02 Å². The van der Waals surface area contributed by atoms with Gasteiger partial charge in [-0.25, -0.2) is 0 Å². The largest absolute Gasteiger partial charge is 0.192 e. The normalized spacial score (nSPS) is 10.9. The van der Waals surface area contributed by atoms with Crippen LogP contribution in [0.5, 0.6) is 0 Å². The van der Waals surface area contributed by atoms with Crippen LogP contribution in [-0.4, -0.2) is 0 Å². The van der Waals surface area contributed by atoms with Gasteiger partial charge in [-0.05, 0) is 29.3 Å². The molecular formula is C15H10ClN. The maximum atomic E-state index is 9.16. The van der Waals surface area contributed by atoms with Crippen LogP contribution in [0.4, 0.5) is 0 Å². The van der Waals surface area contributed by atoms with E-state index in [1.54, 1.807) is 0 Å². The van der Waals surface area contributed by atoms with E-state index in [4.69, 9.17) is 16.9 Å². The molecule has 0 heterocycles. The predicted molar refractivity (Wildman–Crippen MR) is 71.4 cm³/mol. The van der Waals surface area contributed by atoms with E-state index in [0.717, 1.165) is 11.1 Å². The number of hydrogen-bond acceptors (Lipinski definition) is 1. The van der Waals surface area contributed by atoms with Crippen LogP contribution >= 0.6 is 11.6 Å². The van der Waals surface area contributed by atoms with Crippen molar-refractivity contribution in [2.45, 2.75) is 0 Å². The molecule has 1 nitrogen and oxygen atoms in total. The van der Waals surface area contributed by atoms with E-state index in [1.807, 2.05) is 60.7 Å². The lowest BCUT2D eigenvalue weighted by molar-refractivity contribution is 1.52. The molecule has 0 atom stereocenters. The summed E-state index contributed by atoms with van der Waals surface area (Å²) < 4.78 is 0. The Balaban J connectivity index is 2.41. The maximum Gasteiger partial charge on any atom is 0.0998 e. The molecule has 0 bridgehead atoms. The Morgan fingerprint density at radius 2 is 1.82 bits per heavy atom. The Labute approximate surface area is 106 Å². The Kier molecular flexibility index (Phi) is 3.59. The first-order chi connectivity index (χ1) is 8.29. The van der Waals surface area contributed by atoms with E-state index < -0.39 is 0 Å². The molecule has 0 saturated carbocycles. The van der Waals surface area contributed by atoms with Crippen LogP contribution in [0.25, 0.3) is 11.6 Å². The van der Waals surface area contributed by atoms with Gasteiger partial charge in [-0.2, -0.15) is 5.26 Å². The summed E-state index contributed by atoms with van der Waals surface area (Å²) in [6.45, 7) is 0. The number of hydrogen-bond donors (Lipinski definition) is 0. The lowest BCUT2D eigenvalue weighted by Gasteiger charge is -1.99. The molecule has 2 aromatic carbocycles. The van der Waals surface area contributed by atoms with Gasteiger partial charge in [-0.3, -0.25) is 0 Å². The minimum atomic E-state index is 0.632. The van der Waals surface area contributed by atoms with Crippen molar-refractivity contribution >= 4 is 23.3 Å². The molecule has 17 heavy (non-hydrogen) atoms. The fourth-order valence-electron chi connectivity index (χ4n) is 1.56. The third-order valence-electron chi connectivity index (χ3n) is 2.36. The zero-order valence-corrected chi connectivity index (χ0v) is 9.85. The van der Waals surface area contributed by atoms with Gasteiger partial charge in [-0.15, -0.1) is 0 Å². The second kappa shape index (κ2) is 5.34. The Morgan fingerprint density at radius 3 is 2.47 bits per heavy atom. The summed E-state index contributed by atoms with van der Waals surface area (Å²) in [6.07, 6.45) is 1.83. The zero-order valence-electron chi connectivity index (χ0n) is 9.10. The molecule has 0 aliphatic carbocycles. The summed E-state index contributed by atoms with van der Waals surface area (Å²) in [5.41, 5.74) is 2.47. The van der Waals surface area contributed by atoms with E-state index in [0.29, 0.717) is 10.6 Å². The molecule has 2 heteroatoms. The molecule has 2 rings (SSSR count). The molecule has 0 N–H and O–H groups in total. The van der Waals surface area contributed by atoms with Crippen LogP contribution < -0.4 is 0 Å². The predicted octanol–water partition coefficient (Wildman–Crippen LogP) is 4.40. The van der Waals surface area contributed by atoms with Gasteiger partial charge in [0.1, 0.15) is 0 Å². The van der Waals surface area contributed by atoms with E-state index in [2.05, 4.69) is 6.07 Å². The van der Waals surface area contributed by atoms with Crippen molar-refractivity contribution in [3.8, 4) is 6.07 Å². The lowest BCUT2D eigenvalue weighted by Crippen LogP contribution is -1.81. The first-order valence-electron chi connectivity index (χ1n) is 5.22. The van der Waals surface area contributed by atoms with Crippen molar-refractivity contribution in [2.75, 3.05) is 0 Å². The molecule has 0 spiro atoms. The molecule has 82 valence electrons. The number of allylic oxidation sites excluding steroid dienone is 1. The van der Waals surface area contributed by atoms with E-state index in [-0.39, 0.29) is 0 Å². The van der Waals surface area contributed by atoms with Gasteiger partial charge < -0.3 is 0 Å². The molecular weight excluding hydrogens is 230 g/mol. The minimum absolute atomic E-state index is 0.632. The smallest absolute Gasteiger partial charge is 0.0998 e. The fourth-order valence-corrected chi connectivity index (χ4v) is 1.76. The molecule has 0 aromatic heterocycles. The monoisotopic (exact) mass is 239 g/mol. The van der Waals surface area contributed by atoms with Gasteiger partial charge in [-0.1, -0.05) is 54.1 Å². The van der Waals surface area contributed by atoms with Gasteiger partial charge in [0.15, 0.2) is 0 Å². The van der Waals surface area contributed by atoms with Crippen LogP contribution in [0.1, 0.15) is 11.1 Å². The molecule has 0 fully saturated rings. The third-order valence-corrected chi connectivity index (χ3v) is 2.60. The Bertz CT molecular complexity index is 579. The summed E-state index contributed by atoms with van der Waals surface area (Å²) in [7, 11) is 0. The number of halogens is 1. The molecule has 0 saturated heterocycles. The van der Waals surface area contributed by atoms with Gasteiger partial charge in [0.25, 0.3) is 0 Å². The van der Waals surface area contributed by atoms with Crippen molar-refractivity contribution in [3.63, 3.8) is 0 Å². The first kappa shape index (κ1) is 11.4. The lowest BCUT2D eigenvalue weighted by atomic mass is 10.0. The van der Waals surface area contributed by atoms with Crippen LogP contribution in [0.2, 0.25) is 5.02 Å². The highest BCUT2D eigenvalue weighted by atomic mass is 35.5. The Hall–Kier alpha value is -2.04. The van der Waals surface area contributed by atoms with Gasteiger partial charge >= 0.3 is 0 Å². The van der Waals surface area contributed by atoms with Crippen molar-refractivity contribution in [3.05, 3.63) is 70.7 Å².